The second-order valence-corrected chi connectivity index (χ2v) is 6.74. The minimum absolute atomic E-state index is 0.0143. The van der Waals surface area contributed by atoms with Crippen LogP contribution in [0.4, 0.5) is 5.13 Å². The number of amides is 2. The molecule has 1 saturated heterocycles. The largest absolute Gasteiger partial charge is 0.355 e. The van der Waals surface area contributed by atoms with Crippen molar-refractivity contribution in [1.82, 2.24) is 10.3 Å². The van der Waals surface area contributed by atoms with Crippen LogP contribution in [-0.4, -0.2) is 23.3 Å². The van der Waals surface area contributed by atoms with Crippen LogP contribution in [-0.2, 0) is 9.59 Å². The highest BCUT2D eigenvalue weighted by Crippen LogP contribution is 2.28. The zero-order valence-corrected chi connectivity index (χ0v) is 14.0. The Labute approximate surface area is 139 Å². The summed E-state index contributed by atoms with van der Waals surface area (Å²) in [5.41, 5.74) is 4.34. The standard InChI is InChI=1S/C17H19N3O2S/c1-10-3-5-13(11(2)7-10)14-9-23-17(19-14)20-16(22)12-4-6-15(21)18-8-12/h3,5,7,9,12H,4,6,8H2,1-2H3,(H,18,21)(H,19,20,22). The molecule has 0 spiro atoms. The van der Waals surface area contributed by atoms with Gasteiger partial charge in [-0.25, -0.2) is 4.98 Å². The first kappa shape index (κ1) is 15.7. The molecule has 1 aliphatic rings. The van der Waals surface area contributed by atoms with E-state index in [0.29, 0.717) is 24.5 Å². The molecule has 6 heteroatoms. The Morgan fingerprint density at radius 1 is 1.39 bits per heavy atom. The quantitative estimate of drug-likeness (QED) is 0.909. The summed E-state index contributed by atoms with van der Waals surface area (Å²) in [5.74, 6) is -0.242. The molecule has 2 heterocycles. The normalized spacial score (nSPS) is 17.7. The molecule has 1 unspecified atom stereocenters. The van der Waals surface area contributed by atoms with Crippen molar-refractivity contribution in [1.29, 1.82) is 0 Å². The van der Waals surface area contributed by atoms with Crippen LogP contribution in [0.15, 0.2) is 23.6 Å². The van der Waals surface area contributed by atoms with Crippen LogP contribution in [0.1, 0.15) is 24.0 Å². The number of rotatable bonds is 3. The average Bonchev–Trinajstić information content (AvgIpc) is 2.96. The Hall–Kier alpha value is -2.21. The molecule has 5 nitrogen and oxygen atoms in total. The van der Waals surface area contributed by atoms with E-state index in [-0.39, 0.29) is 17.7 Å². The number of hydrogen-bond acceptors (Lipinski definition) is 4. The molecular weight excluding hydrogens is 310 g/mol. The lowest BCUT2D eigenvalue weighted by atomic mass is 9.98. The van der Waals surface area contributed by atoms with Crippen LogP contribution in [0.5, 0.6) is 0 Å². The number of carbonyl (C=O) groups is 2. The lowest BCUT2D eigenvalue weighted by Gasteiger charge is -2.20. The molecule has 3 rings (SSSR count). The second-order valence-electron chi connectivity index (χ2n) is 5.89. The van der Waals surface area contributed by atoms with E-state index in [9.17, 15) is 9.59 Å². The Morgan fingerprint density at radius 2 is 2.22 bits per heavy atom. The zero-order chi connectivity index (χ0) is 16.4. The van der Waals surface area contributed by atoms with Gasteiger partial charge in [0.25, 0.3) is 0 Å². The predicted molar refractivity (Wildman–Crippen MR) is 91.4 cm³/mol. The summed E-state index contributed by atoms with van der Waals surface area (Å²) in [4.78, 5) is 27.9. The molecule has 1 fully saturated rings. The molecular formula is C17H19N3O2S. The fraction of sp³-hybridized carbons (Fsp3) is 0.353. The number of nitrogens with zero attached hydrogens (tertiary/aromatic N) is 1. The Kier molecular flexibility index (Phi) is 4.43. The van der Waals surface area contributed by atoms with E-state index in [1.807, 2.05) is 5.38 Å². The Balaban J connectivity index is 1.69. The molecule has 0 radical (unpaired) electrons. The molecule has 1 aromatic heterocycles. The maximum absolute atomic E-state index is 12.2. The van der Waals surface area contributed by atoms with Gasteiger partial charge in [-0.15, -0.1) is 11.3 Å². The third-order valence-electron chi connectivity index (χ3n) is 4.03. The molecule has 2 amide bonds. The van der Waals surface area contributed by atoms with Gasteiger partial charge in [-0.05, 0) is 25.8 Å². The van der Waals surface area contributed by atoms with E-state index < -0.39 is 0 Å². The summed E-state index contributed by atoms with van der Waals surface area (Å²) in [5, 5.41) is 8.14. The fourth-order valence-corrected chi connectivity index (χ4v) is 3.43. The second kappa shape index (κ2) is 6.50. The van der Waals surface area contributed by atoms with E-state index in [4.69, 9.17) is 0 Å². The molecule has 2 N–H and O–H groups in total. The molecule has 2 aromatic rings. The van der Waals surface area contributed by atoms with Crippen molar-refractivity contribution >= 4 is 28.3 Å². The van der Waals surface area contributed by atoms with Gasteiger partial charge in [0.2, 0.25) is 11.8 Å². The molecule has 120 valence electrons. The highest BCUT2D eigenvalue weighted by molar-refractivity contribution is 7.14. The van der Waals surface area contributed by atoms with E-state index in [2.05, 4.69) is 47.7 Å². The Bertz CT molecular complexity index is 744. The van der Waals surface area contributed by atoms with Crippen molar-refractivity contribution in [2.45, 2.75) is 26.7 Å². The summed E-state index contributed by atoms with van der Waals surface area (Å²) in [6.45, 7) is 4.52. The first-order valence-corrected chi connectivity index (χ1v) is 8.51. The minimum atomic E-state index is -0.179. The summed E-state index contributed by atoms with van der Waals surface area (Å²) < 4.78 is 0. The van der Waals surface area contributed by atoms with Crippen molar-refractivity contribution in [3.8, 4) is 11.3 Å². The van der Waals surface area contributed by atoms with Gasteiger partial charge in [0, 0.05) is 23.9 Å². The monoisotopic (exact) mass is 329 g/mol. The first-order valence-electron chi connectivity index (χ1n) is 7.63. The molecule has 0 bridgehead atoms. The van der Waals surface area contributed by atoms with Crippen molar-refractivity contribution in [2.75, 3.05) is 11.9 Å². The highest BCUT2D eigenvalue weighted by Gasteiger charge is 2.25. The van der Waals surface area contributed by atoms with E-state index in [1.165, 1.54) is 22.5 Å². The van der Waals surface area contributed by atoms with Crippen LogP contribution < -0.4 is 10.6 Å². The summed E-state index contributed by atoms with van der Waals surface area (Å²) in [6.07, 6.45) is 0.997. The van der Waals surface area contributed by atoms with Crippen molar-refractivity contribution < 1.29 is 9.59 Å². The number of thiazole rings is 1. The van der Waals surface area contributed by atoms with E-state index in [1.54, 1.807) is 0 Å². The minimum Gasteiger partial charge on any atom is -0.355 e. The third kappa shape index (κ3) is 3.59. The number of aromatic nitrogens is 1. The van der Waals surface area contributed by atoms with Crippen molar-refractivity contribution in [2.24, 2.45) is 5.92 Å². The number of carbonyl (C=O) groups excluding carboxylic acids is 2. The third-order valence-corrected chi connectivity index (χ3v) is 4.79. The average molecular weight is 329 g/mol. The zero-order valence-electron chi connectivity index (χ0n) is 13.2. The van der Waals surface area contributed by atoms with Gasteiger partial charge < -0.3 is 10.6 Å². The predicted octanol–water partition coefficient (Wildman–Crippen LogP) is 2.89. The molecule has 1 atom stereocenters. The van der Waals surface area contributed by atoms with Gasteiger partial charge in [0.15, 0.2) is 5.13 Å². The molecule has 23 heavy (non-hydrogen) atoms. The number of anilines is 1. The van der Waals surface area contributed by atoms with E-state index in [0.717, 1.165) is 11.3 Å². The van der Waals surface area contributed by atoms with Gasteiger partial charge in [0.05, 0.1) is 11.6 Å². The van der Waals surface area contributed by atoms with Crippen LogP contribution in [0.2, 0.25) is 0 Å². The lowest BCUT2D eigenvalue weighted by Crippen LogP contribution is -2.40. The summed E-state index contributed by atoms with van der Waals surface area (Å²) >= 11 is 1.42. The van der Waals surface area contributed by atoms with Gasteiger partial charge in [-0.1, -0.05) is 23.8 Å². The molecule has 1 aromatic carbocycles. The number of benzene rings is 1. The van der Waals surface area contributed by atoms with Crippen LogP contribution >= 0.6 is 11.3 Å². The van der Waals surface area contributed by atoms with E-state index >= 15 is 0 Å². The number of aryl methyl sites for hydroxylation is 2. The van der Waals surface area contributed by atoms with Crippen molar-refractivity contribution in [3.05, 3.63) is 34.7 Å². The van der Waals surface area contributed by atoms with Crippen LogP contribution in [0.3, 0.4) is 0 Å². The lowest BCUT2D eigenvalue weighted by molar-refractivity contribution is -0.126. The van der Waals surface area contributed by atoms with Crippen LogP contribution in [0.25, 0.3) is 11.3 Å². The smallest absolute Gasteiger partial charge is 0.231 e. The summed E-state index contributed by atoms with van der Waals surface area (Å²) in [7, 11) is 0. The van der Waals surface area contributed by atoms with Gasteiger partial charge in [-0.3, -0.25) is 9.59 Å². The van der Waals surface area contributed by atoms with Crippen molar-refractivity contribution in [3.63, 3.8) is 0 Å². The molecule has 0 aliphatic carbocycles. The summed E-state index contributed by atoms with van der Waals surface area (Å²) in [6, 6.07) is 6.24. The van der Waals surface area contributed by atoms with Crippen LogP contribution in [0, 0.1) is 19.8 Å². The molecule has 0 saturated carbocycles. The maximum atomic E-state index is 12.2. The topological polar surface area (TPSA) is 71.1 Å². The molecule has 1 aliphatic heterocycles. The highest BCUT2D eigenvalue weighted by atomic mass is 32.1. The SMILES string of the molecule is Cc1ccc(-c2csc(NC(=O)C3CCC(=O)NC3)n2)c(C)c1. The number of nitrogens with one attached hydrogen (secondary N) is 2. The number of piperidine rings is 1. The van der Waals surface area contributed by atoms with Gasteiger partial charge >= 0.3 is 0 Å². The van der Waals surface area contributed by atoms with Gasteiger partial charge in [0.1, 0.15) is 0 Å². The number of hydrogen-bond donors (Lipinski definition) is 2. The maximum Gasteiger partial charge on any atom is 0.231 e. The Morgan fingerprint density at radius 3 is 2.91 bits per heavy atom. The first-order chi connectivity index (χ1) is 11.0. The fourth-order valence-electron chi connectivity index (χ4n) is 2.72. The van der Waals surface area contributed by atoms with Gasteiger partial charge in [-0.2, -0.15) is 0 Å².